The van der Waals surface area contributed by atoms with Crippen molar-refractivity contribution in [1.82, 2.24) is 5.32 Å². The second-order valence-electron chi connectivity index (χ2n) is 3.55. The van der Waals surface area contributed by atoms with Gasteiger partial charge in [-0.15, -0.1) is 0 Å². The van der Waals surface area contributed by atoms with E-state index >= 15 is 0 Å². The molecule has 2 atom stereocenters. The Balaban J connectivity index is 4.24. The molecule has 0 aliphatic carbocycles. The summed E-state index contributed by atoms with van der Waals surface area (Å²) < 4.78 is 5.58. The Hall–Kier alpha value is -1.13. The number of nitrogens with two attached hydrogens (primary N) is 1. The van der Waals surface area contributed by atoms with Gasteiger partial charge >= 0.3 is 0 Å². The summed E-state index contributed by atoms with van der Waals surface area (Å²) in [5, 5.41) is 2.84. The lowest BCUT2D eigenvalue weighted by Gasteiger charge is -2.21. The highest BCUT2D eigenvalue weighted by Crippen LogP contribution is 2.04. The van der Waals surface area contributed by atoms with Gasteiger partial charge in [0.2, 0.25) is 5.91 Å². The molecule has 0 saturated carbocycles. The van der Waals surface area contributed by atoms with Crippen molar-refractivity contribution in [3.05, 3.63) is 23.8 Å². The van der Waals surface area contributed by atoms with Crippen LogP contribution in [0.25, 0.3) is 0 Å². The first-order valence-corrected chi connectivity index (χ1v) is 5.42. The Morgan fingerprint density at radius 2 is 2.12 bits per heavy atom. The number of ether oxygens (including phenoxy) is 1. The van der Waals surface area contributed by atoms with Gasteiger partial charge < -0.3 is 15.8 Å². The summed E-state index contributed by atoms with van der Waals surface area (Å²) in [6.45, 7) is 6.21. The Labute approximate surface area is 97.5 Å². The Bertz CT molecular complexity index is 272. The van der Waals surface area contributed by atoms with Crippen LogP contribution < -0.4 is 11.1 Å². The average Bonchev–Trinajstić information content (AvgIpc) is 2.24. The number of carbonyl (C=O) groups is 1. The van der Waals surface area contributed by atoms with E-state index in [9.17, 15) is 4.79 Å². The first kappa shape index (κ1) is 14.9. The highest BCUT2D eigenvalue weighted by atomic mass is 16.5. The second-order valence-corrected chi connectivity index (χ2v) is 3.55. The lowest BCUT2D eigenvalue weighted by atomic mass is 10.1. The molecule has 0 heterocycles. The molecule has 0 fully saturated rings. The highest BCUT2D eigenvalue weighted by Gasteiger charge is 2.21. The molecule has 0 aromatic heterocycles. The minimum absolute atomic E-state index is 0.247. The largest absolute Gasteiger partial charge is 0.372 e. The van der Waals surface area contributed by atoms with Crippen LogP contribution in [0.15, 0.2) is 23.8 Å². The predicted octanol–water partition coefficient (Wildman–Crippen LogP) is 0.987. The molecule has 0 radical (unpaired) electrons. The molecule has 92 valence electrons. The lowest BCUT2D eigenvalue weighted by Crippen LogP contribution is -2.47. The molecule has 0 spiro atoms. The molecule has 0 aliphatic rings. The normalized spacial score (nSPS) is 16.4. The van der Waals surface area contributed by atoms with Gasteiger partial charge in [-0.1, -0.05) is 18.2 Å². The zero-order valence-corrected chi connectivity index (χ0v) is 10.5. The van der Waals surface area contributed by atoms with Crippen molar-refractivity contribution in [3.63, 3.8) is 0 Å². The van der Waals surface area contributed by atoms with Crippen molar-refractivity contribution in [2.24, 2.45) is 5.73 Å². The maximum atomic E-state index is 11.1. The van der Waals surface area contributed by atoms with Gasteiger partial charge in [0.1, 0.15) is 6.04 Å². The van der Waals surface area contributed by atoms with E-state index in [4.69, 9.17) is 10.5 Å². The van der Waals surface area contributed by atoms with Gasteiger partial charge in [0.15, 0.2) is 0 Å². The van der Waals surface area contributed by atoms with Crippen molar-refractivity contribution in [2.75, 3.05) is 13.7 Å². The zero-order chi connectivity index (χ0) is 12.6. The fraction of sp³-hybridized carbons (Fsp3) is 0.583. The van der Waals surface area contributed by atoms with Crippen LogP contribution in [-0.4, -0.2) is 31.7 Å². The highest BCUT2D eigenvalue weighted by molar-refractivity contribution is 5.80. The summed E-state index contributed by atoms with van der Waals surface area (Å²) in [6.07, 6.45) is 5.66. The van der Waals surface area contributed by atoms with Crippen LogP contribution >= 0.6 is 0 Å². The van der Waals surface area contributed by atoms with Crippen LogP contribution in [-0.2, 0) is 9.53 Å². The Morgan fingerprint density at radius 1 is 1.50 bits per heavy atom. The third-order valence-corrected chi connectivity index (χ3v) is 2.35. The molecule has 1 unspecified atom stereocenters. The van der Waals surface area contributed by atoms with Crippen LogP contribution in [0.4, 0.5) is 0 Å². The van der Waals surface area contributed by atoms with E-state index in [0.717, 1.165) is 5.57 Å². The number of rotatable bonds is 7. The molecule has 0 aliphatic heterocycles. The number of allylic oxidation sites excluding steroid dienone is 2. The standard InChI is InChI=1S/C12H22N2O2/c1-5-7-10(6-2)8-16-9(3)11(14-4)12(13)15/h5-7,9,11,14H,8H2,1-4H3,(H2,13,15)/b7-5-,10-6+/t9-,11?/m1/s1. The molecule has 16 heavy (non-hydrogen) atoms. The maximum Gasteiger partial charge on any atom is 0.237 e. The van der Waals surface area contributed by atoms with Crippen LogP contribution in [0, 0.1) is 0 Å². The molecule has 4 nitrogen and oxygen atoms in total. The predicted molar refractivity (Wildman–Crippen MR) is 66.0 cm³/mol. The SMILES string of the molecule is C/C=C\C(=C/C)CO[C@H](C)C(NC)C(N)=O. The number of hydrogen-bond donors (Lipinski definition) is 2. The molecule has 0 aromatic rings. The summed E-state index contributed by atoms with van der Waals surface area (Å²) in [7, 11) is 1.69. The van der Waals surface area contributed by atoms with Gasteiger partial charge in [-0.3, -0.25) is 4.79 Å². The number of hydrogen-bond acceptors (Lipinski definition) is 3. The van der Waals surface area contributed by atoms with Gasteiger partial charge in [0.25, 0.3) is 0 Å². The molecule has 1 amide bonds. The third-order valence-electron chi connectivity index (χ3n) is 2.35. The quantitative estimate of drug-likeness (QED) is 0.636. The third kappa shape index (κ3) is 5.09. The van der Waals surface area contributed by atoms with Gasteiger partial charge in [-0.05, 0) is 33.4 Å². The van der Waals surface area contributed by atoms with Crippen molar-refractivity contribution >= 4 is 5.91 Å². The van der Waals surface area contributed by atoms with Crippen molar-refractivity contribution < 1.29 is 9.53 Å². The fourth-order valence-electron chi connectivity index (χ4n) is 1.37. The number of amides is 1. The number of likely N-dealkylation sites (N-methyl/N-ethyl adjacent to an activating group) is 1. The second kappa shape index (κ2) is 8.07. The van der Waals surface area contributed by atoms with Crippen LogP contribution in [0.3, 0.4) is 0 Å². The van der Waals surface area contributed by atoms with E-state index in [1.165, 1.54) is 0 Å². The molecular formula is C12H22N2O2. The minimum atomic E-state index is -0.455. The number of carbonyl (C=O) groups excluding carboxylic acids is 1. The van der Waals surface area contributed by atoms with Crippen molar-refractivity contribution in [3.8, 4) is 0 Å². The number of primary amides is 1. The molecule has 0 bridgehead atoms. The van der Waals surface area contributed by atoms with Crippen molar-refractivity contribution in [1.29, 1.82) is 0 Å². The average molecular weight is 226 g/mol. The monoisotopic (exact) mass is 226 g/mol. The summed E-state index contributed by atoms with van der Waals surface area (Å²) in [6, 6.07) is -0.455. The molecule has 4 heteroatoms. The minimum Gasteiger partial charge on any atom is -0.372 e. The van der Waals surface area contributed by atoms with Gasteiger partial charge in [0, 0.05) is 0 Å². The smallest absolute Gasteiger partial charge is 0.237 e. The first-order valence-electron chi connectivity index (χ1n) is 5.42. The van der Waals surface area contributed by atoms with Crippen LogP contribution in [0.5, 0.6) is 0 Å². The van der Waals surface area contributed by atoms with E-state index < -0.39 is 11.9 Å². The molecule has 3 N–H and O–H groups in total. The molecule has 0 rings (SSSR count). The lowest BCUT2D eigenvalue weighted by molar-refractivity contribution is -0.123. The zero-order valence-electron chi connectivity index (χ0n) is 10.5. The Morgan fingerprint density at radius 3 is 2.50 bits per heavy atom. The summed E-state index contributed by atoms with van der Waals surface area (Å²) in [5.74, 6) is -0.400. The Kier molecular flexibility index (Phi) is 7.50. The first-order chi connectivity index (χ1) is 7.56. The summed E-state index contributed by atoms with van der Waals surface area (Å²) in [5.41, 5.74) is 6.31. The van der Waals surface area contributed by atoms with E-state index in [1.54, 1.807) is 7.05 Å². The van der Waals surface area contributed by atoms with Gasteiger partial charge in [-0.25, -0.2) is 0 Å². The maximum absolute atomic E-state index is 11.1. The fourth-order valence-corrected chi connectivity index (χ4v) is 1.37. The summed E-state index contributed by atoms with van der Waals surface area (Å²) >= 11 is 0. The molecule has 0 saturated heterocycles. The summed E-state index contributed by atoms with van der Waals surface area (Å²) in [4.78, 5) is 11.1. The van der Waals surface area contributed by atoms with E-state index in [1.807, 2.05) is 39.0 Å². The van der Waals surface area contributed by atoms with E-state index in [2.05, 4.69) is 5.32 Å². The number of nitrogens with one attached hydrogen (secondary N) is 1. The van der Waals surface area contributed by atoms with Crippen molar-refractivity contribution in [2.45, 2.75) is 32.9 Å². The van der Waals surface area contributed by atoms with Crippen LogP contribution in [0.2, 0.25) is 0 Å². The van der Waals surface area contributed by atoms with Gasteiger partial charge in [-0.2, -0.15) is 0 Å². The van der Waals surface area contributed by atoms with Gasteiger partial charge in [0.05, 0.1) is 12.7 Å². The molecule has 0 aromatic carbocycles. The van der Waals surface area contributed by atoms with Crippen LogP contribution in [0.1, 0.15) is 20.8 Å². The van der Waals surface area contributed by atoms with E-state index in [-0.39, 0.29) is 6.10 Å². The molecular weight excluding hydrogens is 204 g/mol. The topological polar surface area (TPSA) is 64.3 Å². The van der Waals surface area contributed by atoms with E-state index in [0.29, 0.717) is 6.61 Å².